The minimum absolute atomic E-state index is 0.0373. The molecule has 9 amide bonds. The first-order valence-electron chi connectivity index (χ1n) is 24.9. The predicted molar refractivity (Wildman–Crippen MR) is 277 cm³/mol. The standard InChI is InChI=1S/C47H71N17O15/c1-26(66)62(77)20-5-8-32(48)42(71)55-33(9-6-21-63(78)27(2)67)44(73)56-34(10-7-22-64(79)28(3)68)45(74)57-35(17-23-65)43(72)52-19-18-51-37(69)16-15-36(46(75)76)58-41(70)29-11-13-31(14-12-29)61(4)25-30-24-53-40-38(54-30)39(49)59-47(50)60-40/h11-14,24,32-36,65,77-79H,5-10,15-23,25,48H2,1-4H3,(H,51,69)(H,52,72)(H,55,71)(H,56,73)(H,57,74)(H,58,70)(H,75,76)(H4,49,50,53,59,60)/t32-,33-,34?,35-,36+/m0/s1. The van der Waals surface area contributed by atoms with E-state index in [9.17, 15) is 73.8 Å². The molecule has 0 aliphatic carbocycles. The molecular weight excluding hydrogens is 1040 g/mol. The summed E-state index contributed by atoms with van der Waals surface area (Å²) in [5.41, 5.74) is 19.4. The third-order valence-corrected chi connectivity index (χ3v) is 11.8. The Hall–Kier alpha value is -8.46. The SMILES string of the molecule is CC(=O)N(O)CCCC(NC(=O)[C@H](CCCN(O)C(C)=O)NC(=O)[C@@H](N)CCCN(O)C(C)=O)C(=O)N[C@@H](CCO)C(=O)NCCNC(=O)CC[C@@H](NC(=O)c1ccc(N(C)Cc2cnc3nc(N)nc(N)c3n2)cc1)C(=O)O. The Bertz CT molecular complexity index is 2610. The van der Waals surface area contributed by atoms with Crippen molar-refractivity contribution in [2.24, 2.45) is 5.73 Å². The van der Waals surface area contributed by atoms with E-state index in [1.165, 1.54) is 18.3 Å². The topological polar surface area (TPSA) is 487 Å². The summed E-state index contributed by atoms with van der Waals surface area (Å²) in [4.78, 5) is 145. The first kappa shape index (κ1) is 64.8. The molecule has 32 heteroatoms. The Kier molecular flexibility index (Phi) is 26.5. The first-order valence-corrected chi connectivity index (χ1v) is 24.9. The second-order valence-electron chi connectivity index (χ2n) is 18.1. The number of hydrogen-bond acceptors (Lipinski definition) is 22. The highest BCUT2D eigenvalue weighted by Gasteiger charge is 2.31. The number of carboxylic acids is 1. The van der Waals surface area contributed by atoms with Crippen molar-refractivity contribution in [3.8, 4) is 0 Å². The number of aliphatic hydroxyl groups is 1. The van der Waals surface area contributed by atoms with E-state index >= 15 is 0 Å². The third kappa shape index (κ3) is 22.2. The van der Waals surface area contributed by atoms with Gasteiger partial charge in [-0.05, 0) is 75.6 Å². The molecule has 5 atom stereocenters. The van der Waals surface area contributed by atoms with Crippen LogP contribution in [0, 0.1) is 0 Å². The Morgan fingerprint density at radius 1 is 0.620 bits per heavy atom. The van der Waals surface area contributed by atoms with Gasteiger partial charge in [-0.25, -0.2) is 30.0 Å². The summed E-state index contributed by atoms with van der Waals surface area (Å²) in [7, 11) is 1.77. The average Bonchev–Trinajstić information content (AvgIpc) is 3.40. The Morgan fingerprint density at radius 2 is 1.13 bits per heavy atom. The fraction of sp³-hybridized carbons (Fsp3) is 0.532. The van der Waals surface area contributed by atoms with Crippen LogP contribution in [0.15, 0.2) is 30.5 Å². The number of anilines is 3. The van der Waals surface area contributed by atoms with Crippen molar-refractivity contribution in [2.75, 3.05) is 62.7 Å². The highest BCUT2D eigenvalue weighted by molar-refractivity contribution is 5.97. The molecule has 32 nitrogen and oxygen atoms in total. The molecule has 0 bridgehead atoms. The van der Waals surface area contributed by atoms with Crippen molar-refractivity contribution in [2.45, 2.75) is 115 Å². The molecule has 434 valence electrons. The number of aromatic nitrogens is 4. The lowest BCUT2D eigenvalue weighted by Gasteiger charge is -2.26. The van der Waals surface area contributed by atoms with Crippen molar-refractivity contribution in [3.63, 3.8) is 0 Å². The van der Waals surface area contributed by atoms with Gasteiger partial charge in [-0.3, -0.25) is 58.8 Å². The molecule has 1 aromatic carbocycles. The molecule has 2 aromatic heterocycles. The van der Waals surface area contributed by atoms with Gasteiger partial charge in [0.1, 0.15) is 24.2 Å². The average molecular weight is 1110 g/mol. The normalized spacial score (nSPS) is 12.8. The van der Waals surface area contributed by atoms with Crippen LogP contribution < -0.4 is 54.0 Å². The van der Waals surface area contributed by atoms with Gasteiger partial charge < -0.3 is 64.2 Å². The van der Waals surface area contributed by atoms with E-state index < -0.39 is 96.0 Å². The second kappa shape index (κ2) is 32.3. The maximum atomic E-state index is 13.8. The van der Waals surface area contributed by atoms with Gasteiger partial charge in [-0.2, -0.15) is 9.97 Å². The number of nitrogens with one attached hydrogen (secondary N) is 6. The molecule has 0 radical (unpaired) electrons. The molecule has 17 N–H and O–H groups in total. The number of fused-ring (bicyclic) bond motifs is 1. The van der Waals surface area contributed by atoms with Crippen LogP contribution in [0.5, 0.6) is 0 Å². The molecule has 0 aliphatic heterocycles. The summed E-state index contributed by atoms with van der Waals surface area (Å²) in [6.45, 7) is 1.87. The second-order valence-corrected chi connectivity index (χ2v) is 18.1. The zero-order valence-electron chi connectivity index (χ0n) is 44.2. The number of aliphatic carboxylic acids is 1. The van der Waals surface area contributed by atoms with E-state index in [1.807, 2.05) is 4.90 Å². The number of carbonyl (C=O) groups excluding carboxylic acids is 9. The van der Waals surface area contributed by atoms with Gasteiger partial charge in [0.15, 0.2) is 17.0 Å². The summed E-state index contributed by atoms with van der Waals surface area (Å²) in [6.07, 6.45) is -0.0241. The van der Waals surface area contributed by atoms with Gasteiger partial charge in [-0.1, -0.05) is 0 Å². The van der Waals surface area contributed by atoms with E-state index in [2.05, 4.69) is 51.8 Å². The number of nitrogens with zero attached hydrogens (tertiary/aromatic N) is 8. The zero-order valence-corrected chi connectivity index (χ0v) is 44.2. The molecule has 0 saturated heterocycles. The van der Waals surface area contributed by atoms with E-state index in [0.717, 1.165) is 20.8 Å². The lowest BCUT2D eigenvalue weighted by molar-refractivity contribution is -0.163. The molecule has 1 unspecified atom stereocenters. The highest BCUT2D eigenvalue weighted by atomic mass is 16.5. The number of carboxylic acid groups (broad SMARTS) is 1. The summed E-state index contributed by atoms with van der Waals surface area (Å²) in [5.74, 6) is -8.37. The van der Waals surface area contributed by atoms with E-state index in [0.29, 0.717) is 26.6 Å². The van der Waals surface area contributed by atoms with Crippen LogP contribution in [0.2, 0.25) is 0 Å². The van der Waals surface area contributed by atoms with Crippen molar-refractivity contribution in [3.05, 3.63) is 41.7 Å². The van der Waals surface area contributed by atoms with Gasteiger partial charge in [0.05, 0.1) is 24.5 Å². The molecule has 0 saturated carbocycles. The predicted octanol–water partition coefficient (Wildman–Crippen LogP) is -3.37. The zero-order chi connectivity index (χ0) is 58.9. The van der Waals surface area contributed by atoms with Crippen molar-refractivity contribution in [1.82, 2.24) is 67.0 Å². The quantitative estimate of drug-likeness (QED) is 0.0161. The summed E-state index contributed by atoms with van der Waals surface area (Å²) >= 11 is 0. The van der Waals surface area contributed by atoms with Crippen LogP contribution in [-0.4, -0.2) is 197 Å². The van der Waals surface area contributed by atoms with Gasteiger partial charge in [-0.15, -0.1) is 0 Å². The maximum Gasteiger partial charge on any atom is 0.326 e. The van der Waals surface area contributed by atoms with Crippen LogP contribution in [0.1, 0.15) is 94.6 Å². The minimum atomic E-state index is -1.50. The van der Waals surface area contributed by atoms with Gasteiger partial charge in [0.2, 0.25) is 53.2 Å². The molecule has 0 fully saturated rings. The Morgan fingerprint density at radius 3 is 1.65 bits per heavy atom. The van der Waals surface area contributed by atoms with Gasteiger partial charge >= 0.3 is 5.97 Å². The minimum Gasteiger partial charge on any atom is -0.480 e. The molecule has 2 heterocycles. The Labute approximate surface area is 453 Å². The molecular formula is C47H71N17O15. The number of nitrogens with two attached hydrogens (primary N) is 3. The Balaban J connectivity index is 1.58. The van der Waals surface area contributed by atoms with Crippen LogP contribution in [0.3, 0.4) is 0 Å². The van der Waals surface area contributed by atoms with E-state index in [-0.39, 0.29) is 126 Å². The summed E-state index contributed by atoms with van der Waals surface area (Å²) < 4.78 is 0. The summed E-state index contributed by atoms with van der Waals surface area (Å²) in [5, 5.41) is 65.1. The lowest BCUT2D eigenvalue weighted by Crippen LogP contribution is -2.58. The smallest absolute Gasteiger partial charge is 0.326 e. The number of hydrogen-bond donors (Lipinski definition) is 14. The molecule has 79 heavy (non-hydrogen) atoms. The van der Waals surface area contributed by atoms with Crippen molar-refractivity contribution < 1.29 is 73.8 Å². The molecule has 0 aliphatic rings. The fourth-order valence-corrected chi connectivity index (χ4v) is 7.35. The van der Waals surface area contributed by atoms with Crippen LogP contribution in [0.25, 0.3) is 11.2 Å². The largest absolute Gasteiger partial charge is 0.480 e. The van der Waals surface area contributed by atoms with E-state index in [1.54, 1.807) is 19.2 Å². The van der Waals surface area contributed by atoms with E-state index in [4.69, 9.17) is 17.2 Å². The van der Waals surface area contributed by atoms with Gasteiger partial charge in [0, 0.05) is 84.8 Å². The molecule has 3 aromatic rings. The number of aliphatic hydroxyl groups excluding tert-OH is 1. The number of nitrogen functional groups attached to an aromatic ring is 2. The van der Waals surface area contributed by atoms with Crippen molar-refractivity contribution in [1.29, 1.82) is 0 Å². The van der Waals surface area contributed by atoms with Gasteiger partial charge in [0.25, 0.3) is 5.91 Å². The maximum absolute atomic E-state index is 13.8. The highest BCUT2D eigenvalue weighted by Crippen LogP contribution is 2.19. The van der Waals surface area contributed by atoms with Crippen LogP contribution in [-0.2, 0) is 49.7 Å². The molecule has 0 spiro atoms. The van der Waals surface area contributed by atoms with Crippen LogP contribution >= 0.6 is 0 Å². The first-order chi connectivity index (χ1) is 37.3. The monoisotopic (exact) mass is 1110 g/mol. The number of carbonyl (C=O) groups is 10. The number of amides is 9. The number of hydroxylamine groups is 6. The van der Waals surface area contributed by atoms with Crippen molar-refractivity contribution >= 4 is 87.8 Å². The van der Waals surface area contributed by atoms with Crippen LogP contribution in [0.4, 0.5) is 17.5 Å². The number of rotatable bonds is 33. The lowest BCUT2D eigenvalue weighted by atomic mass is 10.0. The molecule has 3 rings (SSSR count). The fourth-order valence-electron chi connectivity index (χ4n) is 7.35. The summed E-state index contributed by atoms with van der Waals surface area (Å²) in [6, 6.07) is -0.812. The third-order valence-electron chi connectivity index (χ3n) is 11.8. The number of benzene rings is 1.